The molecule has 15 nitrogen and oxygen atoms in total. The van der Waals surface area contributed by atoms with Crippen molar-refractivity contribution in [2.45, 2.75) is 126 Å². The molecule has 1 spiro atoms. The molecule has 1 unspecified atom stereocenters. The highest BCUT2D eigenvalue weighted by Gasteiger charge is 2.50. The van der Waals surface area contributed by atoms with E-state index in [1.54, 1.807) is 30.6 Å². The van der Waals surface area contributed by atoms with Crippen LogP contribution in [0.2, 0.25) is 0 Å². The molecule has 2 aliphatic heterocycles. The highest BCUT2D eigenvalue weighted by molar-refractivity contribution is 7.90. The van der Waals surface area contributed by atoms with Gasteiger partial charge in [0.2, 0.25) is 0 Å². The molecule has 1 amide bonds. The van der Waals surface area contributed by atoms with Gasteiger partial charge in [0, 0.05) is 87.3 Å². The average Bonchev–Trinajstić information content (AvgIpc) is 4.05. The number of sulfonamides is 1. The van der Waals surface area contributed by atoms with Crippen LogP contribution < -0.4 is 19.7 Å². The van der Waals surface area contributed by atoms with Gasteiger partial charge in [0.1, 0.15) is 22.8 Å². The van der Waals surface area contributed by atoms with Crippen molar-refractivity contribution in [1.82, 2.24) is 24.5 Å². The van der Waals surface area contributed by atoms with E-state index in [0.717, 1.165) is 81.5 Å². The smallest absolute Gasteiger partial charge is 0.293 e. The maximum atomic E-state index is 14.1. The van der Waals surface area contributed by atoms with Crippen LogP contribution in [0.1, 0.15) is 131 Å². The summed E-state index contributed by atoms with van der Waals surface area (Å²) in [4.78, 5) is 40.7. The summed E-state index contributed by atoms with van der Waals surface area (Å²) < 4.78 is 36.2. The number of hydrogen-bond donors (Lipinski definition) is 4. The number of nitrogens with zero attached hydrogens (tertiary/aromatic N) is 5. The second-order valence-corrected chi connectivity index (χ2v) is 23.7. The molecule has 16 heteroatoms. The van der Waals surface area contributed by atoms with Gasteiger partial charge in [0.25, 0.3) is 21.6 Å². The minimum absolute atomic E-state index is 0.0158. The molecule has 4 N–H and O–H groups in total. The predicted octanol–water partition coefficient (Wildman–Crippen LogP) is 10.2. The zero-order valence-corrected chi connectivity index (χ0v) is 42.3. The Morgan fingerprint density at radius 1 is 0.944 bits per heavy atom. The molecule has 71 heavy (non-hydrogen) atoms. The van der Waals surface area contributed by atoms with Crippen LogP contribution in [0.25, 0.3) is 11.0 Å². The number of pyridine rings is 1. The quantitative estimate of drug-likeness (QED) is 0.0576. The van der Waals surface area contributed by atoms with Crippen LogP contribution in [0.3, 0.4) is 0 Å². The first-order chi connectivity index (χ1) is 34.1. The first-order valence-corrected chi connectivity index (χ1v) is 27.5. The van der Waals surface area contributed by atoms with E-state index in [-0.39, 0.29) is 28.3 Å². The Labute approximate surface area is 417 Å². The Hall–Kier alpha value is -5.55. The van der Waals surface area contributed by atoms with Gasteiger partial charge in [0.15, 0.2) is 0 Å². The first kappa shape index (κ1) is 49.0. The zero-order chi connectivity index (χ0) is 49.5. The topological polar surface area (TPSA) is 186 Å². The number of piperazine rings is 1. The number of rotatable bonds is 15. The van der Waals surface area contributed by atoms with Gasteiger partial charge in [-0.25, -0.2) is 18.1 Å². The maximum Gasteiger partial charge on any atom is 0.293 e. The Balaban J connectivity index is 0.831. The van der Waals surface area contributed by atoms with Crippen LogP contribution in [0.15, 0.2) is 90.1 Å². The summed E-state index contributed by atoms with van der Waals surface area (Å²) in [5, 5.41) is 26.5. The number of nitro groups is 1. The molecule has 5 fully saturated rings. The third-order valence-corrected chi connectivity index (χ3v) is 18.1. The number of anilines is 2. The number of ether oxygens (including phenoxy) is 1. The number of aromatic amines is 1. The fraction of sp³-hybridized carbons (Fsp3) is 0.527. The van der Waals surface area contributed by atoms with Gasteiger partial charge < -0.3 is 25.0 Å². The number of carbonyl (C=O) groups is 1. The molecular formula is C55H70N8O7S. The van der Waals surface area contributed by atoms with Crippen LogP contribution in [0, 0.1) is 27.4 Å². The molecule has 378 valence electrons. The summed E-state index contributed by atoms with van der Waals surface area (Å²) in [5.74, 6) is 1.10. The summed E-state index contributed by atoms with van der Waals surface area (Å²) in [5.41, 5.74) is 3.81. The Bertz CT molecular complexity index is 2840. The molecule has 3 aromatic carbocycles. The summed E-state index contributed by atoms with van der Waals surface area (Å²) in [6, 6.07) is 22.6. The van der Waals surface area contributed by atoms with Crippen LogP contribution in [0.5, 0.6) is 11.5 Å². The van der Waals surface area contributed by atoms with Gasteiger partial charge in [-0.15, -0.1) is 0 Å². The summed E-state index contributed by atoms with van der Waals surface area (Å²) in [6.45, 7) is 13.1. The van der Waals surface area contributed by atoms with Gasteiger partial charge in [0.05, 0.1) is 27.2 Å². The van der Waals surface area contributed by atoms with Gasteiger partial charge in [-0.1, -0.05) is 51.0 Å². The number of amides is 1. The SMILES string of the molecule is CC(C)c1ccccc1C1CN(CC2CCCC2)CCN1C1CC2(CCN(c3ccc(C(=O)NS(=O)(=O)c4ccc(NC[C@H]5CC[C@](C)(O)CC5)c([N+](=O)[O-])c4)c(Oc4cnc5[nH]ccc5c4)c3)CC2)C1. The molecule has 2 saturated heterocycles. The van der Waals surface area contributed by atoms with Gasteiger partial charge >= 0.3 is 0 Å². The van der Waals surface area contributed by atoms with E-state index >= 15 is 0 Å². The lowest BCUT2D eigenvalue weighted by Crippen LogP contribution is -2.60. The number of aromatic nitrogens is 2. The fourth-order valence-electron chi connectivity index (χ4n) is 12.5. The van der Waals surface area contributed by atoms with Crippen LogP contribution in [-0.4, -0.2) is 102 Å². The van der Waals surface area contributed by atoms with E-state index in [9.17, 15) is 28.4 Å². The number of nitro benzene ring substituents is 1. The summed E-state index contributed by atoms with van der Waals surface area (Å²) in [7, 11) is -4.57. The van der Waals surface area contributed by atoms with Crippen molar-refractivity contribution >= 4 is 44.0 Å². The van der Waals surface area contributed by atoms with Crippen molar-refractivity contribution in [3.8, 4) is 11.5 Å². The molecule has 3 saturated carbocycles. The standard InChI is InChI=1S/C55H70N8O7S/c1-37(2)45-10-6-7-11-46(45)50-36-60(35-39-8-4-5-9-39)26-27-62(50)42-31-55(32-42)21-24-61(25-22-55)41-12-14-47(51(29-41)70-43-28-40-18-23-56-52(40)58-34-43)53(64)59-71(68,69)44-13-15-48(49(30-44)63(66)67)57-33-38-16-19-54(3,65)20-17-38/h6-7,10-15,18,23,28-30,34,37-39,42,50,57,65H,4-5,8-9,16-17,19-22,24-27,31-33,35-36H2,1-3H3,(H,56,58)(H,59,64)/t38-,50?,54-. The number of hydrogen-bond acceptors (Lipinski definition) is 12. The number of nitrogens with one attached hydrogen (secondary N) is 3. The van der Waals surface area contributed by atoms with Crippen LogP contribution in [0.4, 0.5) is 17.1 Å². The zero-order valence-electron chi connectivity index (χ0n) is 41.4. The molecule has 5 aromatic rings. The number of aliphatic hydroxyl groups is 1. The van der Waals surface area contributed by atoms with Crippen molar-refractivity contribution in [1.29, 1.82) is 0 Å². The van der Waals surface area contributed by atoms with Gasteiger partial charge in [-0.2, -0.15) is 0 Å². The lowest BCUT2D eigenvalue weighted by atomic mass is 9.59. The normalized spacial score (nSPS) is 23.5. The molecule has 0 radical (unpaired) electrons. The van der Waals surface area contributed by atoms with Crippen molar-refractivity contribution in [3.05, 3.63) is 112 Å². The maximum absolute atomic E-state index is 14.1. The van der Waals surface area contributed by atoms with Crippen molar-refractivity contribution in [2.75, 3.05) is 56.0 Å². The highest BCUT2D eigenvalue weighted by Crippen LogP contribution is 2.53. The third kappa shape index (κ3) is 10.8. The van der Waals surface area contributed by atoms with Crippen LogP contribution >= 0.6 is 0 Å². The number of benzene rings is 3. The molecule has 0 bridgehead atoms. The summed E-state index contributed by atoms with van der Waals surface area (Å²) >= 11 is 0. The Morgan fingerprint density at radius 3 is 2.45 bits per heavy atom. The number of carbonyl (C=O) groups excluding carboxylic acids is 1. The molecule has 10 rings (SSSR count). The average molecular weight is 987 g/mol. The van der Waals surface area contributed by atoms with Crippen molar-refractivity contribution in [3.63, 3.8) is 0 Å². The Kier molecular flexibility index (Phi) is 13.9. The number of fused-ring (bicyclic) bond motifs is 1. The van der Waals surface area contributed by atoms with Crippen molar-refractivity contribution in [2.24, 2.45) is 17.3 Å². The summed E-state index contributed by atoms with van der Waals surface area (Å²) in [6.07, 6.45) is 16.1. The van der Waals surface area contributed by atoms with Gasteiger partial charge in [-0.3, -0.25) is 24.7 Å². The molecule has 3 aliphatic carbocycles. The minimum Gasteiger partial charge on any atom is -0.455 e. The molecule has 1 atom stereocenters. The molecule has 4 heterocycles. The lowest BCUT2D eigenvalue weighted by Gasteiger charge is -2.58. The predicted molar refractivity (Wildman–Crippen MR) is 277 cm³/mol. The van der Waals surface area contributed by atoms with E-state index in [4.69, 9.17) is 4.74 Å². The fourth-order valence-corrected chi connectivity index (χ4v) is 13.5. The van der Waals surface area contributed by atoms with Crippen LogP contribution in [-0.2, 0) is 10.0 Å². The second-order valence-electron chi connectivity index (χ2n) is 22.1. The Morgan fingerprint density at radius 2 is 1.70 bits per heavy atom. The molecular weight excluding hydrogens is 917 g/mol. The monoisotopic (exact) mass is 987 g/mol. The van der Waals surface area contributed by atoms with Crippen molar-refractivity contribution < 1.29 is 28.0 Å². The lowest BCUT2D eigenvalue weighted by molar-refractivity contribution is -0.384. The minimum atomic E-state index is -4.57. The molecule has 5 aliphatic rings. The van der Waals surface area contributed by atoms with E-state index in [1.165, 1.54) is 68.3 Å². The number of piperidine rings is 1. The second kappa shape index (κ2) is 20.2. The van der Waals surface area contributed by atoms with E-state index in [0.29, 0.717) is 48.8 Å². The largest absolute Gasteiger partial charge is 0.455 e. The van der Waals surface area contributed by atoms with E-state index in [1.807, 2.05) is 19.1 Å². The highest BCUT2D eigenvalue weighted by atomic mass is 32.2. The van der Waals surface area contributed by atoms with Gasteiger partial charge in [-0.05, 0) is 142 Å². The van der Waals surface area contributed by atoms with E-state index < -0.39 is 37.0 Å². The third-order valence-electron chi connectivity index (χ3n) is 16.7. The first-order valence-electron chi connectivity index (χ1n) is 26.0. The van der Waals surface area contributed by atoms with E-state index in [2.05, 4.69) is 72.8 Å². The number of H-pyrrole nitrogens is 1. The molecule has 2 aromatic heterocycles.